The number of hydrogen-bond donors (Lipinski definition) is 1. The molecule has 6 heteroatoms. The van der Waals surface area contributed by atoms with Crippen LogP contribution in [0, 0.1) is 0 Å². The van der Waals surface area contributed by atoms with E-state index in [1.54, 1.807) is 24.3 Å². The van der Waals surface area contributed by atoms with Gasteiger partial charge in [-0.05, 0) is 42.0 Å². The van der Waals surface area contributed by atoms with Crippen molar-refractivity contribution < 1.29 is 9.90 Å². The van der Waals surface area contributed by atoms with Crippen LogP contribution in [0.5, 0.6) is 5.75 Å². The van der Waals surface area contributed by atoms with E-state index in [9.17, 15) is 9.90 Å². The van der Waals surface area contributed by atoms with Crippen molar-refractivity contribution in [1.82, 2.24) is 0 Å². The minimum Gasteiger partial charge on any atom is -0.508 e. The topological polar surface area (TPSA) is 40.5 Å². The predicted octanol–water partition coefficient (Wildman–Crippen LogP) is 4.56. The highest BCUT2D eigenvalue weighted by atomic mass is 79.9. The molecule has 1 aliphatic heterocycles. The van der Waals surface area contributed by atoms with Crippen molar-refractivity contribution >= 4 is 61.9 Å². The standard InChI is InChI=1S/C16H10BrNO2S2/c17-11-4-2-5-12(9-11)18-15(20)14(22-16(18)21)8-10-3-1-6-13(19)7-10/h1-9,19H. The number of benzene rings is 2. The fourth-order valence-electron chi connectivity index (χ4n) is 2.07. The quantitative estimate of drug-likeness (QED) is 0.601. The lowest BCUT2D eigenvalue weighted by atomic mass is 10.2. The number of halogens is 1. The van der Waals surface area contributed by atoms with Crippen LogP contribution in [0.1, 0.15) is 5.56 Å². The number of thiocarbonyl (C=S) groups is 1. The third kappa shape index (κ3) is 3.09. The molecular weight excluding hydrogens is 382 g/mol. The van der Waals surface area contributed by atoms with Gasteiger partial charge in [-0.25, -0.2) is 0 Å². The second kappa shape index (κ2) is 6.24. The summed E-state index contributed by atoms with van der Waals surface area (Å²) in [4.78, 5) is 14.6. The Morgan fingerprint density at radius 1 is 1.18 bits per heavy atom. The molecule has 1 aliphatic rings. The van der Waals surface area contributed by atoms with Gasteiger partial charge in [0.1, 0.15) is 5.75 Å². The van der Waals surface area contributed by atoms with E-state index < -0.39 is 0 Å². The molecule has 110 valence electrons. The van der Waals surface area contributed by atoms with Crippen molar-refractivity contribution in [2.24, 2.45) is 0 Å². The number of thioether (sulfide) groups is 1. The van der Waals surface area contributed by atoms with Gasteiger partial charge in [0.15, 0.2) is 4.32 Å². The summed E-state index contributed by atoms with van der Waals surface area (Å²) < 4.78 is 1.38. The summed E-state index contributed by atoms with van der Waals surface area (Å²) in [6.07, 6.45) is 1.73. The van der Waals surface area contributed by atoms with Gasteiger partial charge >= 0.3 is 0 Å². The first kappa shape index (κ1) is 15.3. The van der Waals surface area contributed by atoms with Gasteiger partial charge < -0.3 is 5.11 Å². The number of phenols is 1. The molecule has 1 N–H and O–H groups in total. The van der Waals surface area contributed by atoms with Crippen molar-refractivity contribution in [3.8, 4) is 5.75 Å². The molecule has 2 aromatic carbocycles. The van der Waals surface area contributed by atoms with E-state index in [-0.39, 0.29) is 11.7 Å². The Labute approximate surface area is 145 Å². The minimum absolute atomic E-state index is 0.156. The van der Waals surface area contributed by atoms with E-state index in [2.05, 4.69) is 15.9 Å². The third-order valence-corrected chi connectivity index (χ3v) is 4.82. The number of phenolic OH excluding ortho intramolecular Hbond substituents is 1. The number of aromatic hydroxyl groups is 1. The SMILES string of the molecule is O=C1C(=Cc2cccc(O)c2)SC(=S)N1c1cccc(Br)c1. The molecule has 0 saturated carbocycles. The maximum atomic E-state index is 12.6. The molecule has 2 aromatic rings. The molecular formula is C16H10BrNO2S2. The molecule has 0 bridgehead atoms. The Morgan fingerprint density at radius 3 is 2.68 bits per heavy atom. The van der Waals surface area contributed by atoms with Gasteiger partial charge in [0.25, 0.3) is 5.91 Å². The van der Waals surface area contributed by atoms with Crippen LogP contribution in [-0.2, 0) is 4.79 Å². The van der Waals surface area contributed by atoms with Crippen LogP contribution in [-0.4, -0.2) is 15.3 Å². The molecule has 1 heterocycles. The van der Waals surface area contributed by atoms with Gasteiger partial charge in [0.05, 0.1) is 10.6 Å². The molecule has 0 radical (unpaired) electrons. The lowest BCUT2D eigenvalue weighted by Gasteiger charge is -2.14. The molecule has 0 aliphatic carbocycles. The Morgan fingerprint density at radius 2 is 1.95 bits per heavy atom. The summed E-state index contributed by atoms with van der Waals surface area (Å²) in [5, 5.41) is 9.50. The van der Waals surface area contributed by atoms with Crippen LogP contribution in [0.4, 0.5) is 5.69 Å². The summed E-state index contributed by atoms with van der Waals surface area (Å²) in [5.74, 6) is 0.00709. The molecule has 0 aromatic heterocycles. The van der Waals surface area contributed by atoms with E-state index in [1.807, 2.05) is 30.3 Å². The Hall–Kier alpha value is -1.63. The van der Waals surface area contributed by atoms with E-state index in [1.165, 1.54) is 16.7 Å². The van der Waals surface area contributed by atoms with Gasteiger partial charge in [-0.15, -0.1) is 0 Å². The monoisotopic (exact) mass is 391 g/mol. The van der Waals surface area contributed by atoms with Gasteiger partial charge in [-0.3, -0.25) is 9.69 Å². The number of carbonyl (C=O) groups is 1. The molecule has 3 nitrogen and oxygen atoms in total. The number of rotatable bonds is 2. The van der Waals surface area contributed by atoms with E-state index >= 15 is 0 Å². The lowest BCUT2D eigenvalue weighted by Crippen LogP contribution is -2.27. The zero-order valence-electron chi connectivity index (χ0n) is 11.2. The van der Waals surface area contributed by atoms with Crippen LogP contribution in [0.15, 0.2) is 57.9 Å². The van der Waals surface area contributed by atoms with Crippen molar-refractivity contribution in [2.75, 3.05) is 4.90 Å². The molecule has 1 amide bonds. The van der Waals surface area contributed by atoms with Crippen LogP contribution in [0.2, 0.25) is 0 Å². The smallest absolute Gasteiger partial charge is 0.270 e. The summed E-state index contributed by atoms with van der Waals surface area (Å²) in [5.41, 5.74) is 1.49. The molecule has 1 fully saturated rings. The molecule has 1 saturated heterocycles. The van der Waals surface area contributed by atoms with Crippen molar-refractivity contribution in [3.05, 3.63) is 63.5 Å². The fraction of sp³-hybridized carbons (Fsp3) is 0. The minimum atomic E-state index is -0.156. The average Bonchev–Trinajstić information content (AvgIpc) is 2.73. The molecule has 3 rings (SSSR count). The first-order chi connectivity index (χ1) is 10.5. The highest BCUT2D eigenvalue weighted by molar-refractivity contribution is 9.10. The molecule has 0 atom stereocenters. The second-order valence-corrected chi connectivity index (χ2v) is 7.18. The molecule has 0 unspecified atom stereocenters. The van der Waals surface area contributed by atoms with Crippen LogP contribution < -0.4 is 4.90 Å². The van der Waals surface area contributed by atoms with Gasteiger partial charge in [-0.2, -0.15) is 0 Å². The van der Waals surface area contributed by atoms with E-state index in [0.717, 1.165) is 15.7 Å². The van der Waals surface area contributed by atoms with Crippen LogP contribution in [0.25, 0.3) is 6.08 Å². The average molecular weight is 392 g/mol. The van der Waals surface area contributed by atoms with Gasteiger partial charge in [0, 0.05) is 4.47 Å². The number of nitrogens with zero attached hydrogens (tertiary/aromatic N) is 1. The first-order valence-electron chi connectivity index (χ1n) is 6.37. The zero-order chi connectivity index (χ0) is 15.7. The highest BCUT2D eigenvalue weighted by Crippen LogP contribution is 2.36. The van der Waals surface area contributed by atoms with Gasteiger partial charge in [0.2, 0.25) is 0 Å². The predicted molar refractivity (Wildman–Crippen MR) is 97.9 cm³/mol. The Kier molecular flexibility index (Phi) is 4.33. The lowest BCUT2D eigenvalue weighted by molar-refractivity contribution is -0.113. The summed E-state index contributed by atoms with van der Waals surface area (Å²) in [7, 11) is 0. The summed E-state index contributed by atoms with van der Waals surface area (Å²) >= 11 is 9.98. The summed E-state index contributed by atoms with van der Waals surface area (Å²) in [6, 6.07) is 14.2. The highest BCUT2D eigenvalue weighted by Gasteiger charge is 2.33. The number of amides is 1. The Balaban J connectivity index is 1.95. The van der Waals surface area contributed by atoms with Crippen LogP contribution >= 0.6 is 39.9 Å². The van der Waals surface area contributed by atoms with E-state index in [4.69, 9.17) is 12.2 Å². The Bertz CT molecular complexity index is 804. The van der Waals surface area contributed by atoms with Gasteiger partial charge in [-0.1, -0.05) is 58.1 Å². The molecule has 0 spiro atoms. The zero-order valence-corrected chi connectivity index (χ0v) is 14.4. The normalized spacial score (nSPS) is 16.6. The number of anilines is 1. The van der Waals surface area contributed by atoms with Crippen molar-refractivity contribution in [2.45, 2.75) is 0 Å². The van der Waals surface area contributed by atoms with E-state index in [0.29, 0.717) is 9.23 Å². The van der Waals surface area contributed by atoms with Crippen molar-refractivity contribution in [3.63, 3.8) is 0 Å². The maximum absolute atomic E-state index is 12.6. The first-order valence-corrected chi connectivity index (χ1v) is 8.39. The number of hydrogen-bond acceptors (Lipinski definition) is 4. The maximum Gasteiger partial charge on any atom is 0.270 e. The summed E-state index contributed by atoms with van der Waals surface area (Å²) in [6.45, 7) is 0. The largest absolute Gasteiger partial charge is 0.508 e. The van der Waals surface area contributed by atoms with Crippen LogP contribution in [0.3, 0.4) is 0 Å². The third-order valence-electron chi connectivity index (χ3n) is 3.03. The molecule has 22 heavy (non-hydrogen) atoms. The van der Waals surface area contributed by atoms with Crippen molar-refractivity contribution in [1.29, 1.82) is 0 Å². The number of carbonyl (C=O) groups excluding carboxylic acids is 1. The fourth-order valence-corrected chi connectivity index (χ4v) is 3.76. The second-order valence-electron chi connectivity index (χ2n) is 4.59.